The predicted octanol–water partition coefficient (Wildman–Crippen LogP) is 5.37. The van der Waals surface area contributed by atoms with E-state index in [4.69, 9.17) is 11.6 Å². The maximum absolute atomic E-state index is 13.4. The van der Waals surface area contributed by atoms with Crippen LogP contribution >= 0.6 is 11.6 Å². The van der Waals surface area contributed by atoms with Crippen molar-refractivity contribution in [1.29, 1.82) is 0 Å². The largest absolute Gasteiger partial charge is 0.342 e. The summed E-state index contributed by atoms with van der Waals surface area (Å²) in [6.07, 6.45) is 3.53. The molecule has 2 aromatic carbocycles. The van der Waals surface area contributed by atoms with Gasteiger partial charge in [-0.2, -0.15) is 5.10 Å². The molecule has 0 bridgehead atoms. The molecule has 1 aromatic heterocycles. The summed E-state index contributed by atoms with van der Waals surface area (Å²) < 4.78 is 28.1. The lowest BCUT2D eigenvalue weighted by Crippen LogP contribution is -2.44. The second-order valence-corrected chi connectivity index (χ2v) is 8.14. The van der Waals surface area contributed by atoms with Crippen molar-refractivity contribution >= 4 is 17.5 Å². The fourth-order valence-corrected chi connectivity index (χ4v) is 4.51. The highest BCUT2D eigenvalue weighted by molar-refractivity contribution is 6.33. The van der Waals surface area contributed by atoms with Gasteiger partial charge in [-0.1, -0.05) is 48.7 Å². The Labute approximate surface area is 178 Å². The Hall–Kier alpha value is -2.73. The summed E-state index contributed by atoms with van der Waals surface area (Å²) in [5, 5.41) is 7.81. The molecule has 3 aromatic rings. The minimum absolute atomic E-state index is 0.238. The maximum Gasteiger partial charge on any atom is 0.257 e. The van der Waals surface area contributed by atoms with Crippen LogP contribution in [0.3, 0.4) is 0 Å². The Kier molecular flexibility index (Phi) is 5.60. The summed E-state index contributed by atoms with van der Waals surface area (Å²) in [6, 6.07) is 12.4. The van der Waals surface area contributed by atoms with Crippen LogP contribution in [0.4, 0.5) is 8.78 Å². The molecule has 4 rings (SSSR count). The van der Waals surface area contributed by atoms with Gasteiger partial charge in [0.2, 0.25) is 0 Å². The lowest BCUT2D eigenvalue weighted by Gasteiger charge is -2.31. The summed E-state index contributed by atoms with van der Waals surface area (Å²) in [6.45, 7) is 2.07. The molecule has 4 nitrogen and oxygen atoms in total. The van der Waals surface area contributed by atoms with E-state index in [1.54, 1.807) is 31.2 Å². The third-order valence-electron chi connectivity index (χ3n) is 5.74. The van der Waals surface area contributed by atoms with Gasteiger partial charge >= 0.3 is 0 Å². The quantitative estimate of drug-likeness (QED) is 0.592. The zero-order chi connectivity index (χ0) is 21.3. The molecule has 0 radical (unpaired) electrons. The van der Waals surface area contributed by atoms with Crippen molar-refractivity contribution in [2.45, 2.75) is 44.7 Å². The number of amides is 1. The van der Waals surface area contributed by atoms with Gasteiger partial charge in [0.1, 0.15) is 16.8 Å². The average molecular weight is 430 g/mol. The van der Waals surface area contributed by atoms with E-state index in [-0.39, 0.29) is 22.7 Å². The molecule has 7 heteroatoms. The van der Waals surface area contributed by atoms with Crippen LogP contribution in [0.2, 0.25) is 5.15 Å². The normalized spacial score (nSPS) is 15.3. The third-order valence-corrected chi connectivity index (χ3v) is 6.13. The van der Waals surface area contributed by atoms with Crippen LogP contribution < -0.4 is 5.32 Å². The number of rotatable bonds is 5. The number of nitrogens with zero attached hydrogens (tertiary/aromatic N) is 2. The molecule has 1 saturated carbocycles. The highest BCUT2D eigenvalue weighted by Gasteiger charge is 2.38. The molecule has 1 amide bonds. The Morgan fingerprint density at radius 2 is 1.63 bits per heavy atom. The van der Waals surface area contributed by atoms with Crippen LogP contribution in [-0.4, -0.2) is 15.7 Å². The lowest BCUT2D eigenvalue weighted by atomic mass is 9.87. The molecule has 0 saturated heterocycles. The molecule has 1 N–H and O–H groups in total. The number of carbonyl (C=O) groups is 1. The molecule has 1 fully saturated rings. The summed E-state index contributed by atoms with van der Waals surface area (Å²) in [4.78, 5) is 13.2. The highest BCUT2D eigenvalue weighted by Crippen LogP contribution is 2.39. The topological polar surface area (TPSA) is 46.9 Å². The Morgan fingerprint density at radius 3 is 2.23 bits per heavy atom. The van der Waals surface area contributed by atoms with Gasteiger partial charge in [-0.3, -0.25) is 4.79 Å². The van der Waals surface area contributed by atoms with Crippen molar-refractivity contribution in [1.82, 2.24) is 15.1 Å². The lowest BCUT2D eigenvalue weighted by molar-refractivity contribution is 0.0897. The van der Waals surface area contributed by atoms with Gasteiger partial charge in [-0.05, 0) is 55.2 Å². The molecule has 0 atom stereocenters. The molecule has 1 heterocycles. The first-order chi connectivity index (χ1) is 14.4. The molecule has 156 valence electrons. The van der Waals surface area contributed by atoms with E-state index in [2.05, 4.69) is 10.4 Å². The number of carbonyl (C=O) groups excluding carboxylic acids is 1. The van der Waals surface area contributed by atoms with Gasteiger partial charge in [0.25, 0.3) is 5.91 Å². The van der Waals surface area contributed by atoms with Gasteiger partial charge < -0.3 is 5.32 Å². The van der Waals surface area contributed by atoms with Crippen LogP contribution in [0, 0.1) is 18.6 Å². The van der Waals surface area contributed by atoms with Crippen molar-refractivity contribution in [3.63, 3.8) is 0 Å². The first-order valence-corrected chi connectivity index (χ1v) is 10.3. The number of hydrogen-bond donors (Lipinski definition) is 1. The molecule has 30 heavy (non-hydrogen) atoms. The van der Waals surface area contributed by atoms with E-state index < -0.39 is 5.54 Å². The Bertz CT molecular complexity index is 1060. The maximum atomic E-state index is 13.4. The minimum atomic E-state index is -0.542. The zero-order valence-corrected chi connectivity index (χ0v) is 17.3. The Balaban J connectivity index is 1.60. The van der Waals surface area contributed by atoms with Crippen molar-refractivity contribution in [2.75, 3.05) is 0 Å². The number of aromatic nitrogens is 2. The van der Waals surface area contributed by atoms with Gasteiger partial charge in [0, 0.05) is 0 Å². The van der Waals surface area contributed by atoms with E-state index in [1.165, 1.54) is 28.9 Å². The summed E-state index contributed by atoms with van der Waals surface area (Å²) in [7, 11) is 0. The fourth-order valence-electron chi connectivity index (χ4n) is 4.19. The molecule has 0 unspecified atom stereocenters. The molecule has 0 spiro atoms. The van der Waals surface area contributed by atoms with Crippen molar-refractivity contribution in [3.05, 3.63) is 87.7 Å². The SMILES string of the molecule is Cc1nn(Cc2ccc(F)cc2)c(Cl)c1C(=O)NC1(c2ccc(F)cc2)CCCC1. The minimum Gasteiger partial charge on any atom is -0.342 e. The van der Waals surface area contributed by atoms with E-state index in [9.17, 15) is 13.6 Å². The van der Waals surface area contributed by atoms with Gasteiger partial charge in [-0.15, -0.1) is 0 Å². The van der Waals surface area contributed by atoms with Crippen molar-refractivity contribution in [2.24, 2.45) is 0 Å². The van der Waals surface area contributed by atoms with Crippen LogP contribution in [0.5, 0.6) is 0 Å². The first-order valence-electron chi connectivity index (χ1n) is 9.94. The van der Waals surface area contributed by atoms with E-state index >= 15 is 0 Å². The Morgan fingerprint density at radius 1 is 1.07 bits per heavy atom. The second-order valence-electron chi connectivity index (χ2n) is 7.79. The van der Waals surface area contributed by atoms with Crippen molar-refractivity contribution in [3.8, 4) is 0 Å². The average Bonchev–Trinajstić information content (AvgIpc) is 3.29. The van der Waals surface area contributed by atoms with Gasteiger partial charge in [-0.25, -0.2) is 13.5 Å². The van der Waals surface area contributed by atoms with Crippen LogP contribution in [0.25, 0.3) is 0 Å². The van der Waals surface area contributed by atoms with E-state index in [0.717, 1.165) is 36.8 Å². The molecular weight excluding hydrogens is 408 g/mol. The first kappa shape index (κ1) is 20.5. The molecule has 1 aliphatic carbocycles. The molecular formula is C23H22ClF2N3O. The number of hydrogen-bond acceptors (Lipinski definition) is 2. The second kappa shape index (κ2) is 8.19. The molecule has 0 aliphatic heterocycles. The number of aryl methyl sites for hydroxylation is 1. The third kappa shape index (κ3) is 3.97. The standard InChI is InChI=1S/C23H22ClF2N3O/c1-15-20(21(24)29(28-15)14-16-4-8-18(25)9-5-16)22(30)27-23(12-2-3-13-23)17-6-10-19(26)11-7-17/h4-11H,2-3,12-14H2,1H3,(H,27,30). The predicted molar refractivity (Wildman–Crippen MR) is 111 cm³/mol. The number of halogens is 3. The van der Waals surface area contributed by atoms with Crippen LogP contribution in [-0.2, 0) is 12.1 Å². The van der Waals surface area contributed by atoms with Gasteiger partial charge in [0.05, 0.1) is 23.3 Å². The monoisotopic (exact) mass is 429 g/mol. The number of benzene rings is 2. The van der Waals surface area contributed by atoms with Crippen LogP contribution in [0.15, 0.2) is 48.5 Å². The van der Waals surface area contributed by atoms with Gasteiger partial charge in [0.15, 0.2) is 0 Å². The fraction of sp³-hybridized carbons (Fsp3) is 0.304. The molecule has 1 aliphatic rings. The highest BCUT2D eigenvalue weighted by atomic mass is 35.5. The van der Waals surface area contributed by atoms with E-state index in [0.29, 0.717) is 17.8 Å². The summed E-state index contributed by atoms with van der Waals surface area (Å²) in [5.41, 5.74) is 2.02. The summed E-state index contributed by atoms with van der Waals surface area (Å²) >= 11 is 6.52. The number of nitrogens with one attached hydrogen (secondary N) is 1. The van der Waals surface area contributed by atoms with E-state index in [1.807, 2.05) is 0 Å². The van der Waals surface area contributed by atoms with Crippen molar-refractivity contribution < 1.29 is 13.6 Å². The summed E-state index contributed by atoms with van der Waals surface area (Å²) in [5.74, 6) is -0.919. The smallest absolute Gasteiger partial charge is 0.257 e. The van der Waals surface area contributed by atoms with Crippen LogP contribution in [0.1, 0.15) is 52.9 Å². The zero-order valence-electron chi connectivity index (χ0n) is 16.6.